The van der Waals surface area contributed by atoms with E-state index in [4.69, 9.17) is 0 Å². The van der Waals surface area contributed by atoms with Gasteiger partial charge in [-0.25, -0.2) is 0 Å². The molecule has 0 bridgehead atoms. The SMILES string of the molecule is C=CCCC(Cc1ccccc1)(Cc1ccccc1)c1ccccc1. The van der Waals surface area contributed by atoms with Gasteiger partial charge in [0, 0.05) is 5.41 Å². The summed E-state index contributed by atoms with van der Waals surface area (Å²) in [6.45, 7) is 3.97. The van der Waals surface area contributed by atoms with Gasteiger partial charge in [-0.05, 0) is 42.4 Å². The molecule has 0 aromatic heterocycles. The molecule has 0 unspecified atom stereocenters. The highest BCUT2D eigenvalue weighted by Crippen LogP contribution is 2.37. The van der Waals surface area contributed by atoms with Crippen LogP contribution >= 0.6 is 0 Å². The standard InChI is InChI=1S/C25H26/c1-2-3-19-25(24-17-11-6-12-18-24,20-22-13-7-4-8-14-22)21-23-15-9-5-10-16-23/h2,4-18H,1,3,19-21H2. The van der Waals surface area contributed by atoms with E-state index in [9.17, 15) is 0 Å². The van der Waals surface area contributed by atoms with E-state index in [-0.39, 0.29) is 5.41 Å². The lowest BCUT2D eigenvalue weighted by Crippen LogP contribution is -2.32. The van der Waals surface area contributed by atoms with Crippen molar-refractivity contribution in [1.29, 1.82) is 0 Å². The molecule has 0 fully saturated rings. The molecule has 3 rings (SSSR count). The van der Waals surface area contributed by atoms with E-state index in [0.717, 1.165) is 25.7 Å². The number of benzene rings is 3. The van der Waals surface area contributed by atoms with E-state index in [1.807, 2.05) is 6.08 Å². The van der Waals surface area contributed by atoms with Crippen LogP contribution in [0.3, 0.4) is 0 Å². The quantitative estimate of drug-likeness (QED) is 0.422. The van der Waals surface area contributed by atoms with E-state index in [0.29, 0.717) is 0 Å². The predicted octanol–water partition coefficient (Wildman–Crippen LogP) is 6.38. The van der Waals surface area contributed by atoms with Crippen molar-refractivity contribution in [1.82, 2.24) is 0 Å². The topological polar surface area (TPSA) is 0 Å². The number of hydrogen-bond acceptors (Lipinski definition) is 0. The molecule has 3 aromatic carbocycles. The van der Waals surface area contributed by atoms with E-state index in [1.54, 1.807) is 0 Å². The van der Waals surface area contributed by atoms with Crippen LogP contribution in [0.1, 0.15) is 29.5 Å². The highest BCUT2D eigenvalue weighted by molar-refractivity contribution is 5.33. The van der Waals surface area contributed by atoms with Gasteiger partial charge >= 0.3 is 0 Å². The van der Waals surface area contributed by atoms with E-state index in [1.165, 1.54) is 16.7 Å². The predicted molar refractivity (Wildman–Crippen MR) is 108 cm³/mol. The van der Waals surface area contributed by atoms with Crippen molar-refractivity contribution in [2.24, 2.45) is 0 Å². The molecule has 0 radical (unpaired) electrons. The Balaban J connectivity index is 2.04. The van der Waals surface area contributed by atoms with Gasteiger partial charge in [-0.3, -0.25) is 0 Å². The zero-order valence-electron chi connectivity index (χ0n) is 14.8. The summed E-state index contributed by atoms with van der Waals surface area (Å²) in [4.78, 5) is 0. The highest BCUT2D eigenvalue weighted by Gasteiger charge is 2.32. The second-order valence-corrected chi connectivity index (χ2v) is 6.80. The van der Waals surface area contributed by atoms with Crippen LogP contribution in [-0.4, -0.2) is 0 Å². The molecule has 0 heterocycles. The normalized spacial score (nSPS) is 11.2. The van der Waals surface area contributed by atoms with Crippen LogP contribution in [-0.2, 0) is 18.3 Å². The molecule has 126 valence electrons. The van der Waals surface area contributed by atoms with Crippen LogP contribution in [0.15, 0.2) is 104 Å². The minimum atomic E-state index is 0.0815. The molecule has 25 heavy (non-hydrogen) atoms. The first-order valence-electron chi connectivity index (χ1n) is 9.07. The summed E-state index contributed by atoms with van der Waals surface area (Å²) in [7, 11) is 0. The summed E-state index contributed by atoms with van der Waals surface area (Å²) in [5.74, 6) is 0. The van der Waals surface area contributed by atoms with Crippen molar-refractivity contribution < 1.29 is 0 Å². The highest BCUT2D eigenvalue weighted by atomic mass is 14.3. The molecule has 0 saturated heterocycles. The first-order valence-corrected chi connectivity index (χ1v) is 9.07. The van der Waals surface area contributed by atoms with E-state index >= 15 is 0 Å². The van der Waals surface area contributed by atoms with Gasteiger partial charge in [-0.1, -0.05) is 97.1 Å². The van der Waals surface area contributed by atoms with Gasteiger partial charge in [0.1, 0.15) is 0 Å². The van der Waals surface area contributed by atoms with Crippen molar-refractivity contribution >= 4 is 0 Å². The van der Waals surface area contributed by atoms with Gasteiger partial charge in [0.2, 0.25) is 0 Å². The zero-order chi connectivity index (χ0) is 17.4. The third-order valence-electron chi connectivity index (χ3n) is 4.98. The van der Waals surface area contributed by atoms with Gasteiger partial charge in [0.25, 0.3) is 0 Å². The van der Waals surface area contributed by atoms with Gasteiger partial charge in [0.15, 0.2) is 0 Å². The summed E-state index contributed by atoms with van der Waals surface area (Å²) in [5.41, 5.74) is 4.29. The van der Waals surface area contributed by atoms with Gasteiger partial charge in [-0.15, -0.1) is 6.58 Å². The first kappa shape index (κ1) is 17.2. The zero-order valence-corrected chi connectivity index (χ0v) is 14.8. The molecule has 0 aliphatic heterocycles. The number of hydrogen-bond donors (Lipinski definition) is 0. The molecule has 0 aliphatic rings. The molecular weight excluding hydrogens is 300 g/mol. The summed E-state index contributed by atoms with van der Waals surface area (Å²) in [5, 5.41) is 0. The molecule has 3 aromatic rings. The molecular formula is C25H26. The maximum Gasteiger partial charge on any atom is 0.00366 e. The number of rotatable bonds is 8. The Hall–Kier alpha value is -2.60. The van der Waals surface area contributed by atoms with Crippen LogP contribution in [0.4, 0.5) is 0 Å². The Morgan fingerprint density at radius 2 is 1.08 bits per heavy atom. The average molecular weight is 326 g/mol. The Morgan fingerprint density at radius 3 is 1.52 bits per heavy atom. The minimum Gasteiger partial charge on any atom is -0.103 e. The maximum absolute atomic E-state index is 3.97. The summed E-state index contributed by atoms with van der Waals surface area (Å²) >= 11 is 0. The van der Waals surface area contributed by atoms with Crippen LogP contribution in [0.5, 0.6) is 0 Å². The van der Waals surface area contributed by atoms with Crippen molar-refractivity contribution in [3.8, 4) is 0 Å². The molecule has 0 heteroatoms. The van der Waals surface area contributed by atoms with Crippen molar-refractivity contribution in [3.05, 3.63) is 120 Å². The van der Waals surface area contributed by atoms with Crippen molar-refractivity contribution in [3.63, 3.8) is 0 Å². The molecule has 0 saturated carbocycles. The summed E-state index contributed by atoms with van der Waals surface area (Å²) in [6, 6.07) is 32.7. The average Bonchev–Trinajstić information content (AvgIpc) is 2.68. The van der Waals surface area contributed by atoms with Gasteiger partial charge in [-0.2, -0.15) is 0 Å². The fourth-order valence-corrected chi connectivity index (χ4v) is 3.73. The minimum absolute atomic E-state index is 0.0815. The molecule has 0 amide bonds. The van der Waals surface area contributed by atoms with Crippen LogP contribution in [0, 0.1) is 0 Å². The second-order valence-electron chi connectivity index (χ2n) is 6.80. The Morgan fingerprint density at radius 1 is 0.640 bits per heavy atom. The smallest absolute Gasteiger partial charge is 0.00366 e. The van der Waals surface area contributed by atoms with E-state index < -0.39 is 0 Å². The largest absolute Gasteiger partial charge is 0.103 e. The van der Waals surface area contributed by atoms with Gasteiger partial charge in [0.05, 0.1) is 0 Å². The van der Waals surface area contributed by atoms with Crippen LogP contribution in [0.2, 0.25) is 0 Å². The molecule has 0 atom stereocenters. The van der Waals surface area contributed by atoms with Gasteiger partial charge < -0.3 is 0 Å². The van der Waals surface area contributed by atoms with E-state index in [2.05, 4.69) is 97.6 Å². The first-order chi connectivity index (χ1) is 12.3. The summed E-state index contributed by atoms with van der Waals surface area (Å²) < 4.78 is 0. The molecule has 0 aliphatic carbocycles. The molecule has 0 spiro atoms. The Labute approximate surface area is 151 Å². The summed E-state index contributed by atoms with van der Waals surface area (Å²) in [6.07, 6.45) is 6.26. The molecule has 0 nitrogen and oxygen atoms in total. The lowest BCUT2D eigenvalue weighted by Gasteiger charge is -2.35. The monoisotopic (exact) mass is 326 g/mol. The molecule has 0 N–H and O–H groups in total. The van der Waals surface area contributed by atoms with Crippen molar-refractivity contribution in [2.75, 3.05) is 0 Å². The maximum atomic E-state index is 3.97. The second kappa shape index (κ2) is 8.48. The Kier molecular flexibility index (Phi) is 5.85. The Bertz CT molecular complexity index is 715. The third-order valence-corrected chi connectivity index (χ3v) is 4.98. The lowest BCUT2D eigenvalue weighted by atomic mass is 9.68. The van der Waals surface area contributed by atoms with Crippen LogP contribution < -0.4 is 0 Å². The number of allylic oxidation sites excluding steroid dienone is 1. The fraction of sp³-hybridized carbons (Fsp3) is 0.200. The third kappa shape index (κ3) is 4.48. The van der Waals surface area contributed by atoms with Crippen molar-refractivity contribution in [2.45, 2.75) is 31.1 Å². The van der Waals surface area contributed by atoms with Crippen LogP contribution in [0.25, 0.3) is 0 Å². The lowest BCUT2D eigenvalue weighted by molar-refractivity contribution is 0.389. The fourth-order valence-electron chi connectivity index (χ4n) is 3.73.